The van der Waals surface area contributed by atoms with E-state index in [1.54, 1.807) is 20.8 Å². The van der Waals surface area contributed by atoms with Gasteiger partial charge in [-0.1, -0.05) is 25.4 Å². The van der Waals surface area contributed by atoms with E-state index in [1.807, 2.05) is 0 Å². The molecule has 2 N–H and O–H groups in total. The van der Waals surface area contributed by atoms with E-state index in [2.05, 4.69) is 20.1 Å². The van der Waals surface area contributed by atoms with Crippen LogP contribution in [0, 0.1) is 11.2 Å². The fraction of sp³-hybridized carbons (Fsp3) is 0.560. The first-order valence-electron chi connectivity index (χ1n) is 12.1. The van der Waals surface area contributed by atoms with E-state index in [0.29, 0.717) is 25.9 Å². The number of amides is 1. The minimum atomic E-state index is -3.13. The van der Waals surface area contributed by atoms with E-state index in [4.69, 9.17) is 11.6 Å². The van der Waals surface area contributed by atoms with Crippen molar-refractivity contribution in [2.24, 2.45) is 5.41 Å². The number of ether oxygens (including phenoxy) is 1. The molecule has 0 unspecified atom stereocenters. The number of nitrogens with zero attached hydrogens (tertiary/aromatic N) is 3. The van der Waals surface area contributed by atoms with Gasteiger partial charge in [0.2, 0.25) is 0 Å². The number of piperidine rings is 1. The maximum atomic E-state index is 14.8. The Hall–Kier alpha value is -2.79. The Labute approximate surface area is 217 Å². The average Bonchev–Trinajstić information content (AvgIpc) is 3.20. The Morgan fingerprint density at radius 2 is 1.89 bits per heavy atom. The molecule has 8 nitrogen and oxygen atoms in total. The Morgan fingerprint density at radius 3 is 2.46 bits per heavy atom. The molecule has 1 aliphatic heterocycles. The number of carbonyl (C=O) groups is 2. The molecule has 12 heteroatoms. The van der Waals surface area contributed by atoms with Gasteiger partial charge in [0, 0.05) is 30.2 Å². The second kappa shape index (κ2) is 10.2. The molecular formula is C25H30ClF3N4O4. The average molecular weight is 543 g/mol. The molecular weight excluding hydrogens is 513 g/mol. The number of aliphatic carboxylic acids is 1. The number of hydrogen-bond donors (Lipinski definition) is 2. The van der Waals surface area contributed by atoms with E-state index >= 15 is 0 Å². The maximum absolute atomic E-state index is 14.8. The zero-order chi connectivity index (χ0) is 27.1. The molecule has 2 fully saturated rings. The SMILES string of the molecule is CC(C)c1c(F)cnn1C1(C(=O)Nc2ccc(Cl)cc2OC(F)F)CCN(C2CC(C)(C(=O)O)C2)CC1. The minimum absolute atomic E-state index is 0.00597. The Bertz CT molecular complexity index is 1170. The Balaban J connectivity index is 1.63. The molecule has 2 aromatic rings. The zero-order valence-corrected chi connectivity index (χ0v) is 21.6. The van der Waals surface area contributed by atoms with Crippen molar-refractivity contribution in [1.29, 1.82) is 0 Å². The molecule has 4 rings (SSSR count). The summed E-state index contributed by atoms with van der Waals surface area (Å²) in [5, 5.41) is 16.5. The van der Waals surface area contributed by atoms with Crippen LogP contribution in [0.3, 0.4) is 0 Å². The summed E-state index contributed by atoms with van der Waals surface area (Å²) in [4.78, 5) is 27.6. The molecule has 0 spiro atoms. The second-order valence-corrected chi connectivity index (χ2v) is 10.8. The molecule has 1 aliphatic carbocycles. The van der Waals surface area contributed by atoms with Crippen LogP contribution < -0.4 is 10.1 Å². The summed E-state index contributed by atoms with van der Waals surface area (Å²) < 4.78 is 46.7. The fourth-order valence-corrected chi connectivity index (χ4v) is 5.60. The van der Waals surface area contributed by atoms with Crippen LogP contribution in [0.15, 0.2) is 24.4 Å². The van der Waals surface area contributed by atoms with Gasteiger partial charge in [-0.25, -0.2) is 4.39 Å². The normalized spacial score (nSPS) is 23.6. The summed E-state index contributed by atoms with van der Waals surface area (Å²) in [5.41, 5.74) is -1.79. The van der Waals surface area contributed by atoms with Crippen LogP contribution >= 0.6 is 11.6 Å². The van der Waals surface area contributed by atoms with Crippen molar-refractivity contribution in [2.75, 3.05) is 18.4 Å². The molecule has 1 amide bonds. The van der Waals surface area contributed by atoms with Crippen molar-refractivity contribution in [1.82, 2.24) is 14.7 Å². The van der Waals surface area contributed by atoms with Gasteiger partial charge >= 0.3 is 12.6 Å². The van der Waals surface area contributed by atoms with Gasteiger partial charge in [0.05, 0.1) is 23.0 Å². The number of likely N-dealkylation sites (tertiary alicyclic amines) is 1. The number of carbonyl (C=O) groups excluding carboxylic acids is 1. The number of alkyl halides is 2. The van der Waals surface area contributed by atoms with Gasteiger partial charge in [0.15, 0.2) is 11.6 Å². The molecule has 2 aliphatic rings. The van der Waals surface area contributed by atoms with Gasteiger partial charge in [-0.2, -0.15) is 13.9 Å². The molecule has 0 radical (unpaired) electrons. The first-order valence-corrected chi connectivity index (χ1v) is 12.5. The summed E-state index contributed by atoms with van der Waals surface area (Å²) in [6.45, 7) is 3.10. The van der Waals surface area contributed by atoms with E-state index in [-0.39, 0.29) is 47.0 Å². The van der Waals surface area contributed by atoms with Crippen LogP contribution in [0.1, 0.15) is 58.1 Å². The lowest BCUT2D eigenvalue weighted by molar-refractivity contribution is -0.158. The third-order valence-corrected chi connectivity index (χ3v) is 7.81. The number of carboxylic acids is 1. The van der Waals surface area contributed by atoms with Gasteiger partial charge in [-0.3, -0.25) is 14.3 Å². The summed E-state index contributed by atoms with van der Waals surface area (Å²) in [6.07, 6.45) is 2.62. The number of aromatic nitrogens is 2. The molecule has 1 aromatic carbocycles. The molecule has 0 bridgehead atoms. The first-order chi connectivity index (χ1) is 17.4. The fourth-order valence-electron chi connectivity index (χ4n) is 5.44. The number of carboxylic acid groups (broad SMARTS) is 1. The summed E-state index contributed by atoms with van der Waals surface area (Å²) in [6, 6.07) is 4.06. The number of halogens is 4. The summed E-state index contributed by atoms with van der Waals surface area (Å²) >= 11 is 5.94. The summed E-state index contributed by atoms with van der Waals surface area (Å²) in [5.74, 6) is -2.47. The van der Waals surface area contributed by atoms with E-state index in [1.165, 1.54) is 22.9 Å². The van der Waals surface area contributed by atoms with Gasteiger partial charge < -0.3 is 20.1 Å². The van der Waals surface area contributed by atoms with Gasteiger partial charge in [0.1, 0.15) is 5.54 Å². The molecule has 2 heterocycles. The van der Waals surface area contributed by atoms with Crippen LogP contribution in [0.5, 0.6) is 5.75 Å². The predicted molar refractivity (Wildman–Crippen MR) is 131 cm³/mol. The third-order valence-electron chi connectivity index (χ3n) is 7.57. The Morgan fingerprint density at radius 1 is 1.24 bits per heavy atom. The number of rotatable bonds is 8. The highest BCUT2D eigenvalue weighted by molar-refractivity contribution is 6.30. The van der Waals surface area contributed by atoms with E-state index in [0.717, 1.165) is 6.20 Å². The molecule has 1 saturated heterocycles. The number of benzene rings is 1. The number of hydrogen-bond acceptors (Lipinski definition) is 5. The third kappa shape index (κ3) is 5.16. The first kappa shape index (κ1) is 27.3. The molecule has 1 saturated carbocycles. The van der Waals surface area contributed by atoms with Crippen LogP contribution in [0.4, 0.5) is 18.9 Å². The standard InChI is InChI=1S/C25H30ClF3N4O4/c1-14(2)20-17(27)13-30-33(20)25(6-8-32(9-7-25)16-11-24(3,12-16)22(35)36)21(34)31-18-5-4-15(26)10-19(18)37-23(28)29/h4-5,10,13-14,16,23H,6-9,11-12H2,1-3H3,(H,31,34)(H,35,36). The smallest absolute Gasteiger partial charge is 0.387 e. The number of anilines is 1. The lowest BCUT2D eigenvalue weighted by atomic mass is 9.65. The maximum Gasteiger partial charge on any atom is 0.387 e. The van der Waals surface area contributed by atoms with Crippen LogP contribution in [-0.2, 0) is 15.1 Å². The quantitative estimate of drug-likeness (QED) is 0.483. The van der Waals surface area contributed by atoms with E-state index < -0.39 is 35.3 Å². The second-order valence-electron chi connectivity index (χ2n) is 10.4. The topological polar surface area (TPSA) is 96.7 Å². The summed E-state index contributed by atoms with van der Waals surface area (Å²) in [7, 11) is 0. The van der Waals surface area contributed by atoms with Crippen molar-refractivity contribution in [3.05, 3.63) is 40.9 Å². The predicted octanol–water partition coefficient (Wildman–Crippen LogP) is 5.08. The zero-order valence-electron chi connectivity index (χ0n) is 20.8. The van der Waals surface area contributed by atoms with Crippen molar-refractivity contribution >= 4 is 29.2 Å². The van der Waals surface area contributed by atoms with Crippen molar-refractivity contribution < 1.29 is 32.6 Å². The van der Waals surface area contributed by atoms with E-state index in [9.17, 15) is 27.9 Å². The van der Waals surface area contributed by atoms with Crippen molar-refractivity contribution in [3.8, 4) is 5.75 Å². The Kier molecular flexibility index (Phi) is 7.49. The highest BCUT2D eigenvalue weighted by atomic mass is 35.5. The molecule has 202 valence electrons. The van der Waals surface area contributed by atoms with Crippen molar-refractivity contribution in [3.63, 3.8) is 0 Å². The molecule has 0 atom stereocenters. The van der Waals surface area contributed by atoms with Crippen LogP contribution in [-0.4, -0.2) is 57.4 Å². The van der Waals surface area contributed by atoms with Crippen LogP contribution in [0.2, 0.25) is 5.02 Å². The lowest BCUT2D eigenvalue weighted by Gasteiger charge is -2.51. The van der Waals surface area contributed by atoms with Gasteiger partial charge in [0.25, 0.3) is 5.91 Å². The molecule has 1 aromatic heterocycles. The van der Waals surface area contributed by atoms with Crippen molar-refractivity contribution in [2.45, 2.75) is 70.6 Å². The number of nitrogens with one attached hydrogen (secondary N) is 1. The van der Waals surface area contributed by atoms with Crippen LogP contribution in [0.25, 0.3) is 0 Å². The largest absolute Gasteiger partial charge is 0.481 e. The monoisotopic (exact) mass is 542 g/mol. The highest BCUT2D eigenvalue weighted by Crippen LogP contribution is 2.46. The lowest BCUT2D eigenvalue weighted by Crippen LogP contribution is -2.59. The van der Waals surface area contributed by atoms with Gasteiger partial charge in [-0.05, 0) is 50.7 Å². The minimum Gasteiger partial charge on any atom is -0.481 e. The highest BCUT2D eigenvalue weighted by Gasteiger charge is 2.52. The molecule has 37 heavy (non-hydrogen) atoms. The van der Waals surface area contributed by atoms with Gasteiger partial charge in [-0.15, -0.1) is 0 Å².